The monoisotopic (exact) mass is 169 g/mol. The van der Waals surface area contributed by atoms with Gasteiger partial charge in [0.05, 0.1) is 6.10 Å². The van der Waals surface area contributed by atoms with Crippen LogP contribution in [0.4, 0.5) is 0 Å². The normalized spacial score (nSPS) is 42.2. The lowest BCUT2D eigenvalue weighted by Crippen LogP contribution is -2.17. The first-order valence-electron chi connectivity index (χ1n) is 5.18. The number of nitrogens with one attached hydrogen (secondary N) is 1. The minimum absolute atomic E-state index is 0.519. The van der Waals surface area contributed by atoms with Crippen molar-refractivity contribution in [3.05, 3.63) is 0 Å². The molecule has 0 saturated carbocycles. The van der Waals surface area contributed by atoms with Gasteiger partial charge in [0.25, 0.3) is 0 Å². The van der Waals surface area contributed by atoms with Crippen LogP contribution in [-0.4, -0.2) is 25.8 Å². The molecule has 1 N–H and O–H groups in total. The summed E-state index contributed by atoms with van der Waals surface area (Å²) in [6.45, 7) is 5.68. The van der Waals surface area contributed by atoms with Crippen molar-refractivity contribution in [3.8, 4) is 0 Å². The molecular formula is C10H19NO. The Kier molecular flexibility index (Phi) is 2.66. The predicted molar refractivity (Wildman–Crippen MR) is 49.1 cm³/mol. The highest BCUT2D eigenvalue weighted by molar-refractivity contribution is 4.79. The number of rotatable bonds is 2. The molecule has 2 heterocycles. The summed E-state index contributed by atoms with van der Waals surface area (Å²) in [5.41, 5.74) is 0. The van der Waals surface area contributed by atoms with Crippen LogP contribution in [0.2, 0.25) is 0 Å². The molecule has 0 radical (unpaired) electrons. The van der Waals surface area contributed by atoms with Crippen LogP contribution < -0.4 is 5.32 Å². The van der Waals surface area contributed by atoms with Crippen molar-refractivity contribution in [1.82, 2.24) is 5.32 Å². The SMILES string of the molecule is CC1OCCC1CC1CCNC1. The van der Waals surface area contributed by atoms with E-state index < -0.39 is 0 Å². The lowest BCUT2D eigenvalue weighted by Gasteiger charge is -2.17. The third-order valence-electron chi connectivity index (χ3n) is 3.33. The van der Waals surface area contributed by atoms with Crippen molar-refractivity contribution < 1.29 is 4.74 Å². The van der Waals surface area contributed by atoms with Crippen LogP contribution in [0.1, 0.15) is 26.2 Å². The average Bonchev–Trinajstić information content (AvgIpc) is 2.65. The Labute approximate surface area is 74.7 Å². The Morgan fingerprint density at radius 3 is 2.92 bits per heavy atom. The van der Waals surface area contributed by atoms with E-state index in [-0.39, 0.29) is 0 Å². The van der Waals surface area contributed by atoms with Gasteiger partial charge in [-0.2, -0.15) is 0 Å². The second kappa shape index (κ2) is 3.75. The molecule has 2 rings (SSSR count). The largest absolute Gasteiger partial charge is 0.378 e. The summed E-state index contributed by atoms with van der Waals surface area (Å²) in [6.07, 6.45) is 4.57. The molecule has 3 atom stereocenters. The first-order chi connectivity index (χ1) is 5.86. The molecule has 2 nitrogen and oxygen atoms in total. The van der Waals surface area contributed by atoms with Gasteiger partial charge in [0.2, 0.25) is 0 Å². The number of ether oxygens (including phenoxy) is 1. The first-order valence-corrected chi connectivity index (χ1v) is 5.18. The van der Waals surface area contributed by atoms with Gasteiger partial charge in [-0.25, -0.2) is 0 Å². The van der Waals surface area contributed by atoms with Crippen LogP contribution >= 0.6 is 0 Å². The van der Waals surface area contributed by atoms with Gasteiger partial charge >= 0.3 is 0 Å². The summed E-state index contributed by atoms with van der Waals surface area (Å²) in [7, 11) is 0. The van der Waals surface area contributed by atoms with Crippen LogP contribution in [0.25, 0.3) is 0 Å². The zero-order chi connectivity index (χ0) is 8.39. The topological polar surface area (TPSA) is 21.3 Å². The molecule has 12 heavy (non-hydrogen) atoms. The van der Waals surface area contributed by atoms with Gasteiger partial charge in [-0.1, -0.05) is 0 Å². The quantitative estimate of drug-likeness (QED) is 0.675. The van der Waals surface area contributed by atoms with E-state index in [9.17, 15) is 0 Å². The highest BCUT2D eigenvalue weighted by Gasteiger charge is 2.27. The van der Waals surface area contributed by atoms with Gasteiger partial charge in [-0.05, 0) is 51.1 Å². The summed E-state index contributed by atoms with van der Waals surface area (Å²) >= 11 is 0. The van der Waals surface area contributed by atoms with Gasteiger partial charge in [-0.15, -0.1) is 0 Å². The Morgan fingerprint density at radius 1 is 1.42 bits per heavy atom. The Hall–Kier alpha value is -0.0800. The zero-order valence-corrected chi connectivity index (χ0v) is 7.88. The van der Waals surface area contributed by atoms with E-state index in [1.54, 1.807) is 0 Å². The smallest absolute Gasteiger partial charge is 0.0576 e. The molecule has 2 aliphatic heterocycles. The fraction of sp³-hybridized carbons (Fsp3) is 1.00. The molecule has 2 saturated heterocycles. The second-order valence-electron chi connectivity index (χ2n) is 4.22. The van der Waals surface area contributed by atoms with Crippen LogP contribution in [-0.2, 0) is 4.74 Å². The molecular weight excluding hydrogens is 150 g/mol. The van der Waals surface area contributed by atoms with Gasteiger partial charge in [0.15, 0.2) is 0 Å². The zero-order valence-electron chi connectivity index (χ0n) is 7.88. The third kappa shape index (κ3) is 1.80. The van der Waals surface area contributed by atoms with E-state index in [0.29, 0.717) is 6.10 Å². The van der Waals surface area contributed by atoms with Crippen molar-refractivity contribution in [3.63, 3.8) is 0 Å². The van der Waals surface area contributed by atoms with E-state index in [2.05, 4.69) is 12.2 Å². The summed E-state index contributed by atoms with van der Waals surface area (Å²) < 4.78 is 5.56. The van der Waals surface area contributed by atoms with Gasteiger partial charge < -0.3 is 10.1 Å². The number of hydrogen-bond acceptors (Lipinski definition) is 2. The van der Waals surface area contributed by atoms with Gasteiger partial charge in [0, 0.05) is 6.61 Å². The first kappa shape index (κ1) is 8.52. The average molecular weight is 169 g/mol. The second-order valence-corrected chi connectivity index (χ2v) is 4.22. The summed E-state index contributed by atoms with van der Waals surface area (Å²) in [5.74, 6) is 1.77. The minimum atomic E-state index is 0.519. The van der Waals surface area contributed by atoms with Gasteiger partial charge in [-0.3, -0.25) is 0 Å². The summed E-state index contributed by atoms with van der Waals surface area (Å²) in [5, 5.41) is 3.42. The summed E-state index contributed by atoms with van der Waals surface area (Å²) in [6, 6.07) is 0. The maximum Gasteiger partial charge on any atom is 0.0576 e. The molecule has 2 aliphatic rings. The standard InChI is InChI=1S/C10H19NO/c1-8-10(3-5-12-8)6-9-2-4-11-7-9/h8-11H,2-7H2,1H3. The molecule has 0 aliphatic carbocycles. The molecule has 70 valence electrons. The Balaban J connectivity index is 1.77. The van der Waals surface area contributed by atoms with E-state index in [1.165, 1.54) is 32.4 Å². The molecule has 2 heteroatoms. The molecule has 0 aromatic heterocycles. The minimum Gasteiger partial charge on any atom is -0.378 e. The fourth-order valence-corrected chi connectivity index (χ4v) is 2.43. The van der Waals surface area contributed by atoms with E-state index >= 15 is 0 Å². The maximum absolute atomic E-state index is 5.56. The highest BCUT2D eigenvalue weighted by atomic mass is 16.5. The molecule has 0 amide bonds. The lowest BCUT2D eigenvalue weighted by atomic mass is 9.90. The third-order valence-corrected chi connectivity index (χ3v) is 3.33. The van der Waals surface area contributed by atoms with Crippen molar-refractivity contribution in [2.24, 2.45) is 11.8 Å². The van der Waals surface area contributed by atoms with Crippen LogP contribution in [0.15, 0.2) is 0 Å². The summed E-state index contributed by atoms with van der Waals surface area (Å²) in [4.78, 5) is 0. The molecule has 2 fully saturated rings. The predicted octanol–water partition coefficient (Wildman–Crippen LogP) is 1.41. The molecule has 0 aromatic carbocycles. The van der Waals surface area contributed by atoms with Crippen LogP contribution in [0.5, 0.6) is 0 Å². The molecule has 0 aromatic rings. The molecule has 0 spiro atoms. The van der Waals surface area contributed by atoms with Crippen molar-refractivity contribution in [1.29, 1.82) is 0 Å². The van der Waals surface area contributed by atoms with E-state index in [4.69, 9.17) is 4.74 Å². The van der Waals surface area contributed by atoms with Crippen LogP contribution in [0.3, 0.4) is 0 Å². The van der Waals surface area contributed by atoms with Crippen molar-refractivity contribution >= 4 is 0 Å². The maximum atomic E-state index is 5.56. The Bertz CT molecular complexity index is 143. The molecule has 0 bridgehead atoms. The molecule has 3 unspecified atom stereocenters. The van der Waals surface area contributed by atoms with Gasteiger partial charge in [0.1, 0.15) is 0 Å². The van der Waals surface area contributed by atoms with E-state index in [1.807, 2.05) is 0 Å². The lowest BCUT2D eigenvalue weighted by molar-refractivity contribution is 0.0999. The highest BCUT2D eigenvalue weighted by Crippen LogP contribution is 2.29. The Morgan fingerprint density at radius 2 is 2.33 bits per heavy atom. The van der Waals surface area contributed by atoms with Crippen molar-refractivity contribution in [2.75, 3.05) is 19.7 Å². The number of hydrogen-bond donors (Lipinski definition) is 1. The fourth-order valence-electron chi connectivity index (χ4n) is 2.43. The van der Waals surface area contributed by atoms with Crippen molar-refractivity contribution in [2.45, 2.75) is 32.3 Å². The van der Waals surface area contributed by atoms with Crippen LogP contribution in [0, 0.1) is 11.8 Å². The van der Waals surface area contributed by atoms with E-state index in [0.717, 1.165) is 18.4 Å².